The average molecular weight is 237 g/mol. The molecule has 4 N–H and O–H groups in total. The predicted octanol–water partition coefficient (Wildman–Crippen LogP) is 2.20. The van der Waals surface area contributed by atoms with E-state index in [1.807, 2.05) is 20.8 Å². The summed E-state index contributed by atoms with van der Waals surface area (Å²) >= 11 is 0. The van der Waals surface area contributed by atoms with E-state index in [-0.39, 0.29) is 11.6 Å². The van der Waals surface area contributed by atoms with Crippen LogP contribution >= 0.6 is 0 Å². The van der Waals surface area contributed by atoms with Crippen LogP contribution in [0, 0.1) is 0 Å². The Hall–Kier alpha value is -1.91. The summed E-state index contributed by atoms with van der Waals surface area (Å²) < 4.78 is 5.13. The Bertz CT molecular complexity index is 411. The monoisotopic (exact) mass is 237 g/mol. The molecule has 0 aliphatic carbocycles. The van der Waals surface area contributed by atoms with Crippen molar-refractivity contribution in [3.8, 4) is 5.75 Å². The smallest absolute Gasteiger partial charge is 0.319 e. The van der Waals surface area contributed by atoms with Crippen LogP contribution in [0.15, 0.2) is 18.2 Å². The second-order valence-corrected chi connectivity index (χ2v) is 4.79. The van der Waals surface area contributed by atoms with Crippen LogP contribution in [0.25, 0.3) is 0 Å². The fourth-order valence-corrected chi connectivity index (χ4v) is 1.31. The number of carbonyl (C=O) groups is 1. The molecule has 0 heterocycles. The van der Waals surface area contributed by atoms with E-state index < -0.39 is 0 Å². The van der Waals surface area contributed by atoms with Crippen molar-refractivity contribution in [2.45, 2.75) is 26.3 Å². The standard InChI is InChI=1S/C12H19N3O2/c1-12(2,3)15-11(16)14-9-6-5-8(13)7-10(9)17-4/h5-7H,13H2,1-4H3,(H2,14,15,16). The number of nitrogen functional groups attached to an aromatic ring is 1. The van der Waals surface area contributed by atoms with Gasteiger partial charge in [0, 0.05) is 17.3 Å². The van der Waals surface area contributed by atoms with Crippen molar-refractivity contribution in [3.63, 3.8) is 0 Å². The number of hydrogen-bond donors (Lipinski definition) is 3. The Morgan fingerprint density at radius 1 is 1.35 bits per heavy atom. The first-order valence-corrected chi connectivity index (χ1v) is 5.34. The highest BCUT2D eigenvalue weighted by Gasteiger charge is 2.14. The minimum Gasteiger partial charge on any atom is -0.494 e. The third-order valence-corrected chi connectivity index (χ3v) is 1.96. The van der Waals surface area contributed by atoms with Crippen molar-refractivity contribution in [3.05, 3.63) is 18.2 Å². The summed E-state index contributed by atoms with van der Waals surface area (Å²) in [7, 11) is 1.53. The van der Waals surface area contributed by atoms with Crippen LogP contribution in [0.1, 0.15) is 20.8 Å². The third kappa shape index (κ3) is 4.22. The second-order valence-electron chi connectivity index (χ2n) is 4.79. The summed E-state index contributed by atoms with van der Waals surface area (Å²) in [6, 6.07) is 4.79. The van der Waals surface area contributed by atoms with Gasteiger partial charge in [-0.15, -0.1) is 0 Å². The highest BCUT2D eigenvalue weighted by Crippen LogP contribution is 2.26. The molecule has 0 atom stereocenters. The number of urea groups is 1. The molecule has 0 saturated heterocycles. The van der Waals surface area contributed by atoms with Crippen LogP contribution in [0.4, 0.5) is 16.2 Å². The van der Waals surface area contributed by atoms with E-state index in [1.54, 1.807) is 18.2 Å². The van der Waals surface area contributed by atoms with Gasteiger partial charge in [0.15, 0.2) is 0 Å². The molecule has 5 heteroatoms. The minimum atomic E-state index is -0.287. The maximum Gasteiger partial charge on any atom is 0.319 e. The van der Waals surface area contributed by atoms with Gasteiger partial charge in [0.05, 0.1) is 12.8 Å². The van der Waals surface area contributed by atoms with Gasteiger partial charge in [-0.25, -0.2) is 4.79 Å². The summed E-state index contributed by atoms with van der Waals surface area (Å²) in [5.74, 6) is 0.536. The van der Waals surface area contributed by atoms with E-state index in [4.69, 9.17) is 10.5 Å². The minimum absolute atomic E-state index is 0.277. The second kappa shape index (κ2) is 4.95. The van der Waals surface area contributed by atoms with Crippen molar-refractivity contribution in [2.75, 3.05) is 18.2 Å². The first kappa shape index (κ1) is 13.2. The molecule has 1 aromatic rings. The molecule has 2 amide bonds. The van der Waals surface area contributed by atoms with Crippen molar-refractivity contribution in [1.29, 1.82) is 0 Å². The normalized spacial score (nSPS) is 10.8. The molecular weight excluding hydrogens is 218 g/mol. The van der Waals surface area contributed by atoms with Gasteiger partial charge in [-0.2, -0.15) is 0 Å². The fourth-order valence-electron chi connectivity index (χ4n) is 1.31. The summed E-state index contributed by atoms with van der Waals surface area (Å²) in [6.07, 6.45) is 0. The largest absolute Gasteiger partial charge is 0.494 e. The number of nitrogens with two attached hydrogens (primary N) is 1. The Morgan fingerprint density at radius 2 is 2.00 bits per heavy atom. The Balaban J connectivity index is 2.78. The molecular formula is C12H19N3O2. The number of amides is 2. The first-order chi connectivity index (χ1) is 7.81. The lowest BCUT2D eigenvalue weighted by atomic mass is 10.1. The van der Waals surface area contributed by atoms with Crippen molar-refractivity contribution >= 4 is 17.4 Å². The number of anilines is 2. The zero-order chi connectivity index (χ0) is 13.1. The van der Waals surface area contributed by atoms with Gasteiger partial charge in [0.2, 0.25) is 0 Å². The highest BCUT2D eigenvalue weighted by molar-refractivity contribution is 5.91. The highest BCUT2D eigenvalue weighted by atomic mass is 16.5. The number of benzene rings is 1. The maximum atomic E-state index is 11.7. The van der Waals surface area contributed by atoms with Crippen LogP contribution in [-0.4, -0.2) is 18.7 Å². The molecule has 0 unspecified atom stereocenters. The lowest BCUT2D eigenvalue weighted by Gasteiger charge is -2.21. The van der Waals surface area contributed by atoms with Crippen molar-refractivity contribution in [1.82, 2.24) is 5.32 Å². The number of hydrogen-bond acceptors (Lipinski definition) is 3. The van der Waals surface area contributed by atoms with Gasteiger partial charge in [0.1, 0.15) is 5.75 Å². The Morgan fingerprint density at radius 3 is 2.53 bits per heavy atom. The van der Waals surface area contributed by atoms with E-state index in [0.29, 0.717) is 17.1 Å². The molecule has 1 aromatic carbocycles. The van der Waals surface area contributed by atoms with Gasteiger partial charge < -0.3 is 21.1 Å². The zero-order valence-electron chi connectivity index (χ0n) is 10.6. The third-order valence-electron chi connectivity index (χ3n) is 1.96. The molecule has 0 bridgehead atoms. The maximum absolute atomic E-state index is 11.7. The van der Waals surface area contributed by atoms with Crippen molar-refractivity contribution in [2.24, 2.45) is 0 Å². The first-order valence-electron chi connectivity index (χ1n) is 5.34. The van der Waals surface area contributed by atoms with Gasteiger partial charge in [-0.1, -0.05) is 0 Å². The quantitative estimate of drug-likeness (QED) is 0.690. The summed E-state index contributed by atoms with van der Waals surface area (Å²) in [5, 5.41) is 5.51. The van der Waals surface area contributed by atoms with Gasteiger partial charge in [0.25, 0.3) is 0 Å². The molecule has 94 valence electrons. The van der Waals surface area contributed by atoms with Crippen LogP contribution in [0.5, 0.6) is 5.75 Å². The lowest BCUT2D eigenvalue weighted by molar-refractivity contribution is 0.243. The molecule has 0 fully saturated rings. The van der Waals surface area contributed by atoms with Crippen LogP contribution in [0.3, 0.4) is 0 Å². The molecule has 0 radical (unpaired) electrons. The number of ether oxygens (including phenoxy) is 1. The molecule has 0 spiro atoms. The predicted molar refractivity (Wildman–Crippen MR) is 69.3 cm³/mol. The van der Waals surface area contributed by atoms with E-state index in [2.05, 4.69) is 10.6 Å². The Kier molecular flexibility index (Phi) is 3.83. The SMILES string of the molecule is COc1cc(N)ccc1NC(=O)NC(C)(C)C. The van der Waals surface area contributed by atoms with E-state index in [0.717, 1.165) is 0 Å². The van der Waals surface area contributed by atoms with Crippen LogP contribution < -0.4 is 21.1 Å². The molecule has 0 aromatic heterocycles. The molecule has 1 rings (SSSR count). The van der Waals surface area contributed by atoms with Gasteiger partial charge >= 0.3 is 6.03 Å². The average Bonchev–Trinajstić information content (AvgIpc) is 2.17. The van der Waals surface area contributed by atoms with E-state index in [1.165, 1.54) is 7.11 Å². The van der Waals surface area contributed by atoms with Crippen molar-refractivity contribution < 1.29 is 9.53 Å². The van der Waals surface area contributed by atoms with E-state index >= 15 is 0 Å². The summed E-state index contributed by atoms with van der Waals surface area (Å²) in [5.41, 5.74) is 6.51. The molecule has 5 nitrogen and oxygen atoms in total. The summed E-state index contributed by atoms with van der Waals surface area (Å²) in [4.78, 5) is 11.7. The number of nitrogens with one attached hydrogen (secondary N) is 2. The Labute approximate surface area is 101 Å². The van der Waals surface area contributed by atoms with Crippen LogP contribution in [-0.2, 0) is 0 Å². The number of rotatable bonds is 2. The fraction of sp³-hybridized carbons (Fsp3) is 0.417. The van der Waals surface area contributed by atoms with Gasteiger partial charge in [-0.3, -0.25) is 0 Å². The van der Waals surface area contributed by atoms with E-state index in [9.17, 15) is 4.79 Å². The zero-order valence-corrected chi connectivity index (χ0v) is 10.6. The summed E-state index contributed by atoms with van der Waals surface area (Å²) in [6.45, 7) is 5.73. The molecule has 17 heavy (non-hydrogen) atoms. The molecule has 0 aliphatic rings. The lowest BCUT2D eigenvalue weighted by Crippen LogP contribution is -2.43. The molecule has 0 saturated carbocycles. The number of carbonyl (C=O) groups excluding carboxylic acids is 1. The topological polar surface area (TPSA) is 76.4 Å². The van der Waals surface area contributed by atoms with Gasteiger partial charge in [-0.05, 0) is 32.9 Å². The number of methoxy groups -OCH3 is 1. The van der Waals surface area contributed by atoms with Crippen LogP contribution in [0.2, 0.25) is 0 Å². The molecule has 0 aliphatic heterocycles.